The van der Waals surface area contributed by atoms with E-state index in [4.69, 9.17) is 11.1 Å². The predicted octanol–water partition coefficient (Wildman–Crippen LogP) is 3.23. The van der Waals surface area contributed by atoms with Crippen LogP contribution in [0.4, 0.5) is 5.69 Å². The second-order valence-corrected chi connectivity index (χ2v) is 7.03. The lowest BCUT2D eigenvalue weighted by molar-refractivity contribution is 0.202. The molecule has 2 heterocycles. The van der Waals surface area contributed by atoms with Gasteiger partial charge in [0.05, 0.1) is 17.6 Å². The zero-order chi connectivity index (χ0) is 18.6. The first kappa shape index (κ1) is 17.4. The van der Waals surface area contributed by atoms with E-state index >= 15 is 0 Å². The van der Waals surface area contributed by atoms with Gasteiger partial charge in [0.2, 0.25) is 0 Å². The summed E-state index contributed by atoms with van der Waals surface area (Å²) in [6.45, 7) is 2.83. The van der Waals surface area contributed by atoms with Crippen molar-refractivity contribution in [2.75, 3.05) is 18.8 Å². The summed E-state index contributed by atoms with van der Waals surface area (Å²) in [5.41, 5.74) is 10.8. The minimum absolute atomic E-state index is 0.460. The molecule has 0 atom stereocenters. The first-order valence-electron chi connectivity index (χ1n) is 9.32. The summed E-state index contributed by atoms with van der Waals surface area (Å²) >= 11 is 0. The third kappa shape index (κ3) is 3.75. The van der Waals surface area contributed by atoms with Gasteiger partial charge in [0.15, 0.2) is 0 Å². The molecule has 0 unspecified atom stereocenters. The van der Waals surface area contributed by atoms with E-state index in [1.807, 2.05) is 53.3 Å². The fraction of sp³-hybridized carbons (Fsp3) is 0.286. The summed E-state index contributed by atoms with van der Waals surface area (Å²) in [6.07, 6.45) is 5.53. The molecule has 138 valence electrons. The zero-order valence-corrected chi connectivity index (χ0v) is 15.3. The second-order valence-electron chi connectivity index (χ2n) is 7.03. The fourth-order valence-electron chi connectivity index (χ4n) is 3.83. The van der Waals surface area contributed by atoms with E-state index in [1.54, 1.807) is 0 Å². The van der Waals surface area contributed by atoms with Crippen LogP contribution < -0.4 is 5.73 Å². The molecule has 0 aliphatic carbocycles. The van der Waals surface area contributed by atoms with Crippen LogP contribution in [0.5, 0.6) is 0 Å². The van der Waals surface area contributed by atoms with Crippen LogP contribution >= 0.6 is 0 Å². The Balaban J connectivity index is 1.39. The van der Waals surface area contributed by atoms with Crippen LogP contribution in [0.2, 0.25) is 0 Å². The van der Waals surface area contributed by atoms with Crippen molar-refractivity contribution in [2.45, 2.75) is 25.3 Å². The maximum atomic E-state index is 7.67. The Bertz CT molecular complexity index is 909. The lowest BCUT2D eigenvalue weighted by Gasteiger charge is -2.32. The van der Waals surface area contributed by atoms with Crippen LogP contribution in [0.3, 0.4) is 0 Å². The highest BCUT2D eigenvalue weighted by Gasteiger charge is 2.23. The molecule has 4 rings (SSSR count). The SMILES string of the molecule is N=Cc1c(N)cccc1C1CCN(Cc2cn(-c3ccccc3)nn2)CC1. The largest absolute Gasteiger partial charge is 0.398 e. The third-order valence-corrected chi connectivity index (χ3v) is 5.29. The van der Waals surface area contributed by atoms with Crippen LogP contribution in [-0.2, 0) is 6.54 Å². The summed E-state index contributed by atoms with van der Waals surface area (Å²) in [4.78, 5) is 2.42. The highest BCUT2D eigenvalue weighted by molar-refractivity contribution is 5.87. The average molecular weight is 360 g/mol. The smallest absolute Gasteiger partial charge is 0.0971 e. The normalized spacial score (nSPS) is 15.7. The zero-order valence-electron chi connectivity index (χ0n) is 15.3. The summed E-state index contributed by atoms with van der Waals surface area (Å²) < 4.78 is 1.82. The van der Waals surface area contributed by atoms with Gasteiger partial charge in [-0.2, -0.15) is 0 Å². The number of anilines is 1. The Kier molecular flexibility index (Phi) is 4.98. The summed E-state index contributed by atoms with van der Waals surface area (Å²) in [6, 6.07) is 16.0. The van der Waals surface area contributed by atoms with Gasteiger partial charge in [0.1, 0.15) is 0 Å². The standard InChI is InChI=1S/C21H24N6/c22-13-20-19(7-4-8-21(20)23)16-9-11-26(12-10-16)14-17-15-27(25-24-17)18-5-2-1-3-6-18/h1-8,13,15-16,22H,9-12,14,23H2. The summed E-state index contributed by atoms with van der Waals surface area (Å²) in [5, 5.41) is 16.2. The number of nitrogens with two attached hydrogens (primary N) is 1. The minimum atomic E-state index is 0.460. The number of rotatable bonds is 5. The van der Waals surface area contributed by atoms with Gasteiger partial charge in [0.25, 0.3) is 0 Å². The van der Waals surface area contributed by atoms with Crippen molar-refractivity contribution in [3.8, 4) is 5.69 Å². The van der Waals surface area contributed by atoms with Crippen molar-refractivity contribution in [3.63, 3.8) is 0 Å². The summed E-state index contributed by atoms with van der Waals surface area (Å²) in [7, 11) is 0. The first-order chi connectivity index (χ1) is 13.2. The number of nitrogen functional groups attached to an aromatic ring is 1. The molecule has 0 bridgehead atoms. The molecule has 2 aromatic carbocycles. The molecule has 0 saturated carbocycles. The highest BCUT2D eigenvalue weighted by Crippen LogP contribution is 2.32. The molecule has 3 aromatic rings. The van der Waals surface area contributed by atoms with Gasteiger partial charge in [0, 0.05) is 24.0 Å². The number of benzene rings is 2. The Morgan fingerprint density at radius 2 is 1.85 bits per heavy atom. The van der Waals surface area contributed by atoms with E-state index in [2.05, 4.69) is 21.3 Å². The summed E-state index contributed by atoms with van der Waals surface area (Å²) in [5.74, 6) is 0.460. The number of para-hydroxylation sites is 1. The second kappa shape index (κ2) is 7.72. The minimum Gasteiger partial charge on any atom is -0.398 e. The topological polar surface area (TPSA) is 83.8 Å². The molecule has 0 spiro atoms. The molecule has 0 amide bonds. The molecule has 1 aliphatic heterocycles. The van der Waals surface area contributed by atoms with E-state index in [0.29, 0.717) is 11.6 Å². The first-order valence-corrected chi connectivity index (χ1v) is 9.32. The highest BCUT2D eigenvalue weighted by atomic mass is 15.4. The number of aromatic nitrogens is 3. The molecule has 6 heteroatoms. The molecule has 3 N–H and O–H groups in total. The van der Waals surface area contributed by atoms with E-state index in [9.17, 15) is 0 Å². The number of nitrogens with one attached hydrogen (secondary N) is 1. The Morgan fingerprint density at radius 1 is 1.07 bits per heavy atom. The lowest BCUT2D eigenvalue weighted by atomic mass is 9.86. The molecule has 6 nitrogen and oxygen atoms in total. The van der Waals surface area contributed by atoms with E-state index < -0.39 is 0 Å². The van der Waals surface area contributed by atoms with Crippen LogP contribution in [-0.4, -0.2) is 39.2 Å². The molecule has 1 saturated heterocycles. The van der Waals surface area contributed by atoms with Crippen LogP contribution in [0.25, 0.3) is 5.69 Å². The van der Waals surface area contributed by atoms with E-state index in [0.717, 1.165) is 49.4 Å². The molecule has 1 aromatic heterocycles. The van der Waals surface area contributed by atoms with Gasteiger partial charge < -0.3 is 11.1 Å². The van der Waals surface area contributed by atoms with Crippen molar-refractivity contribution in [2.24, 2.45) is 0 Å². The monoisotopic (exact) mass is 360 g/mol. The van der Waals surface area contributed by atoms with Gasteiger partial charge in [-0.3, -0.25) is 4.90 Å². The van der Waals surface area contributed by atoms with E-state index in [1.165, 1.54) is 11.8 Å². The molecule has 1 aliphatic rings. The van der Waals surface area contributed by atoms with Gasteiger partial charge >= 0.3 is 0 Å². The van der Waals surface area contributed by atoms with Crippen molar-refractivity contribution in [3.05, 3.63) is 71.5 Å². The van der Waals surface area contributed by atoms with Gasteiger partial charge in [-0.1, -0.05) is 35.5 Å². The number of nitrogens with zero attached hydrogens (tertiary/aromatic N) is 4. The van der Waals surface area contributed by atoms with Crippen LogP contribution in [0, 0.1) is 5.41 Å². The lowest BCUT2D eigenvalue weighted by Crippen LogP contribution is -2.32. The van der Waals surface area contributed by atoms with Gasteiger partial charge in [-0.25, -0.2) is 4.68 Å². The van der Waals surface area contributed by atoms with Crippen molar-refractivity contribution < 1.29 is 0 Å². The van der Waals surface area contributed by atoms with Gasteiger partial charge in [-0.15, -0.1) is 5.10 Å². The predicted molar refractivity (Wildman–Crippen MR) is 107 cm³/mol. The van der Waals surface area contributed by atoms with E-state index in [-0.39, 0.29) is 0 Å². The molecule has 1 fully saturated rings. The van der Waals surface area contributed by atoms with Crippen LogP contribution in [0.1, 0.15) is 35.6 Å². The van der Waals surface area contributed by atoms with Crippen molar-refractivity contribution in [1.82, 2.24) is 19.9 Å². The molecular weight excluding hydrogens is 336 g/mol. The Labute approximate surface area is 159 Å². The molecular formula is C21H24N6. The van der Waals surface area contributed by atoms with Crippen LogP contribution in [0.15, 0.2) is 54.7 Å². The maximum Gasteiger partial charge on any atom is 0.0971 e. The number of likely N-dealkylation sites (tertiary alicyclic amines) is 1. The van der Waals surface area contributed by atoms with Crippen molar-refractivity contribution >= 4 is 11.9 Å². The number of hydrogen-bond acceptors (Lipinski definition) is 5. The fourth-order valence-corrected chi connectivity index (χ4v) is 3.83. The third-order valence-electron chi connectivity index (χ3n) is 5.29. The number of hydrogen-bond donors (Lipinski definition) is 2. The maximum absolute atomic E-state index is 7.67. The Morgan fingerprint density at radius 3 is 2.59 bits per heavy atom. The quantitative estimate of drug-likeness (QED) is 0.540. The van der Waals surface area contributed by atoms with Crippen molar-refractivity contribution in [1.29, 1.82) is 5.41 Å². The number of piperidine rings is 1. The molecule has 27 heavy (non-hydrogen) atoms. The molecule has 0 radical (unpaired) electrons. The Hall–Kier alpha value is -2.99. The van der Waals surface area contributed by atoms with Gasteiger partial charge in [-0.05, 0) is 55.6 Å². The average Bonchev–Trinajstić information content (AvgIpc) is 3.18.